The minimum Gasteiger partial charge on any atom is -0.329 e. The molecule has 2 rings (SSSR count). The molecule has 17 heavy (non-hydrogen) atoms. The molecule has 0 aliphatic heterocycles. The Balaban J connectivity index is 2.22. The number of rotatable bonds is 4. The van der Waals surface area contributed by atoms with Crippen LogP contribution in [-0.2, 0) is 13.1 Å². The van der Waals surface area contributed by atoms with Crippen LogP contribution >= 0.6 is 11.6 Å². The first-order valence-corrected chi connectivity index (χ1v) is 5.67. The molecule has 0 aliphatic rings. The number of imidazole rings is 1. The van der Waals surface area contributed by atoms with Crippen LogP contribution < -0.4 is 5.32 Å². The average Bonchev–Trinajstić information content (AvgIpc) is 2.71. The lowest BCUT2D eigenvalue weighted by Crippen LogP contribution is -2.12. The summed E-state index contributed by atoms with van der Waals surface area (Å²) in [6, 6.07) is 4.43. The van der Waals surface area contributed by atoms with Gasteiger partial charge in [0.15, 0.2) is 0 Å². The number of hydrogen-bond acceptors (Lipinski definition) is 2. The van der Waals surface area contributed by atoms with Gasteiger partial charge in [0.05, 0.1) is 13.1 Å². The van der Waals surface area contributed by atoms with Crippen molar-refractivity contribution >= 4 is 11.6 Å². The molecule has 0 saturated carbocycles. The second-order valence-electron chi connectivity index (χ2n) is 3.74. The molecule has 1 N–H and O–H groups in total. The molecule has 2 aromatic rings. The van der Waals surface area contributed by atoms with Crippen LogP contribution in [0.2, 0.25) is 5.02 Å². The summed E-state index contributed by atoms with van der Waals surface area (Å²) in [5.41, 5.74) is 0.878. The molecule has 0 spiro atoms. The summed E-state index contributed by atoms with van der Waals surface area (Å²) in [7, 11) is 1.86. The Hall–Kier alpha value is -1.39. The number of hydrogen-bond donors (Lipinski definition) is 1. The van der Waals surface area contributed by atoms with Crippen LogP contribution in [0.25, 0.3) is 0 Å². The Kier molecular flexibility index (Phi) is 3.76. The molecule has 0 fully saturated rings. The molecule has 1 heterocycles. The van der Waals surface area contributed by atoms with E-state index in [-0.39, 0.29) is 5.82 Å². The molecule has 90 valence electrons. The zero-order valence-electron chi connectivity index (χ0n) is 9.45. The topological polar surface area (TPSA) is 29.9 Å². The molecule has 0 unspecified atom stereocenters. The van der Waals surface area contributed by atoms with E-state index in [1.807, 2.05) is 17.8 Å². The molecule has 3 nitrogen and oxygen atoms in total. The molecule has 1 aromatic carbocycles. The molecule has 0 bridgehead atoms. The third-order valence-electron chi connectivity index (χ3n) is 2.49. The number of benzene rings is 1. The SMILES string of the molecule is CNCc1nccn1Cc1ccc(F)cc1Cl. The van der Waals surface area contributed by atoms with Gasteiger partial charge in [-0.1, -0.05) is 17.7 Å². The van der Waals surface area contributed by atoms with E-state index in [2.05, 4.69) is 10.3 Å². The quantitative estimate of drug-likeness (QED) is 0.907. The van der Waals surface area contributed by atoms with E-state index in [0.717, 1.165) is 11.4 Å². The van der Waals surface area contributed by atoms with Crippen molar-refractivity contribution in [3.8, 4) is 0 Å². The average molecular weight is 254 g/mol. The van der Waals surface area contributed by atoms with Crippen LogP contribution in [0.1, 0.15) is 11.4 Å². The number of nitrogens with zero attached hydrogens (tertiary/aromatic N) is 2. The number of halogens is 2. The highest BCUT2D eigenvalue weighted by atomic mass is 35.5. The lowest BCUT2D eigenvalue weighted by atomic mass is 10.2. The van der Waals surface area contributed by atoms with Gasteiger partial charge < -0.3 is 9.88 Å². The fourth-order valence-electron chi connectivity index (χ4n) is 1.64. The second kappa shape index (κ2) is 5.29. The van der Waals surface area contributed by atoms with Crippen molar-refractivity contribution < 1.29 is 4.39 Å². The summed E-state index contributed by atoms with van der Waals surface area (Å²) >= 11 is 5.99. The fraction of sp³-hybridized carbons (Fsp3) is 0.250. The predicted octanol–water partition coefficient (Wildman–Crippen LogP) is 2.44. The predicted molar refractivity (Wildman–Crippen MR) is 65.5 cm³/mol. The van der Waals surface area contributed by atoms with Crippen molar-refractivity contribution in [3.63, 3.8) is 0 Å². The van der Waals surface area contributed by atoms with Crippen molar-refractivity contribution in [1.82, 2.24) is 14.9 Å². The van der Waals surface area contributed by atoms with E-state index in [1.165, 1.54) is 12.1 Å². The summed E-state index contributed by atoms with van der Waals surface area (Å²) in [5.74, 6) is 0.604. The number of nitrogens with one attached hydrogen (secondary N) is 1. The van der Waals surface area contributed by atoms with Crippen molar-refractivity contribution in [2.45, 2.75) is 13.1 Å². The van der Waals surface area contributed by atoms with Gasteiger partial charge in [-0.15, -0.1) is 0 Å². The minimum absolute atomic E-state index is 0.320. The van der Waals surface area contributed by atoms with Gasteiger partial charge in [0.25, 0.3) is 0 Å². The van der Waals surface area contributed by atoms with Crippen LogP contribution in [0.5, 0.6) is 0 Å². The lowest BCUT2D eigenvalue weighted by Gasteiger charge is -2.09. The van der Waals surface area contributed by atoms with Gasteiger partial charge in [0.2, 0.25) is 0 Å². The van der Waals surface area contributed by atoms with Crippen molar-refractivity contribution in [2.75, 3.05) is 7.05 Å². The molecule has 0 radical (unpaired) electrons. The van der Waals surface area contributed by atoms with Crippen LogP contribution in [0, 0.1) is 5.82 Å². The van der Waals surface area contributed by atoms with Gasteiger partial charge >= 0.3 is 0 Å². The Labute approximate surface area is 104 Å². The van der Waals surface area contributed by atoms with E-state index < -0.39 is 0 Å². The van der Waals surface area contributed by atoms with E-state index in [4.69, 9.17) is 11.6 Å². The van der Waals surface area contributed by atoms with Gasteiger partial charge in [0.1, 0.15) is 11.6 Å². The first-order chi connectivity index (χ1) is 8.20. The highest BCUT2D eigenvalue weighted by Crippen LogP contribution is 2.18. The molecule has 1 aromatic heterocycles. The first kappa shape index (κ1) is 12.1. The third-order valence-corrected chi connectivity index (χ3v) is 2.84. The zero-order chi connectivity index (χ0) is 12.3. The van der Waals surface area contributed by atoms with E-state index in [9.17, 15) is 4.39 Å². The largest absolute Gasteiger partial charge is 0.329 e. The summed E-state index contributed by atoms with van der Waals surface area (Å²) in [6.07, 6.45) is 3.62. The maximum Gasteiger partial charge on any atom is 0.124 e. The van der Waals surface area contributed by atoms with Crippen LogP contribution in [0.3, 0.4) is 0 Å². The van der Waals surface area contributed by atoms with Gasteiger partial charge in [0, 0.05) is 17.4 Å². The highest BCUT2D eigenvalue weighted by Gasteiger charge is 2.06. The van der Waals surface area contributed by atoms with Crippen molar-refractivity contribution in [1.29, 1.82) is 0 Å². The van der Waals surface area contributed by atoms with E-state index in [0.29, 0.717) is 18.1 Å². The lowest BCUT2D eigenvalue weighted by molar-refractivity contribution is 0.625. The Morgan fingerprint density at radius 2 is 2.29 bits per heavy atom. The Bertz CT molecular complexity index is 510. The Morgan fingerprint density at radius 3 is 3.00 bits per heavy atom. The number of aromatic nitrogens is 2. The minimum atomic E-state index is -0.320. The summed E-state index contributed by atoms with van der Waals surface area (Å²) in [5, 5.41) is 3.48. The molecule has 0 saturated heterocycles. The smallest absolute Gasteiger partial charge is 0.124 e. The Morgan fingerprint density at radius 1 is 1.47 bits per heavy atom. The molecule has 0 amide bonds. The van der Waals surface area contributed by atoms with E-state index >= 15 is 0 Å². The maximum absolute atomic E-state index is 12.9. The first-order valence-electron chi connectivity index (χ1n) is 5.29. The van der Waals surface area contributed by atoms with Gasteiger partial charge in [-0.3, -0.25) is 0 Å². The maximum atomic E-state index is 12.9. The highest BCUT2D eigenvalue weighted by molar-refractivity contribution is 6.31. The standard InChI is InChI=1S/C12H13ClFN3/c1-15-7-12-16-4-5-17(12)8-9-2-3-10(14)6-11(9)13/h2-6,15H,7-8H2,1H3. The van der Waals surface area contributed by atoms with Crippen LogP contribution in [-0.4, -0.2) is 16.6 Å². The molecular weight excluding hydrogens is 241 g/mol. The van der Waals surface area contributed by atoms with Crippen LogP contribution in [0.4, 0.5) is 4.39 Å². The van der Waals surface area contributed by atoms with E-state index in [1.54, 1.807) is 12.3 Å². The van der Waals surface area contributed by atoms with Crippen molar-refractivity contribution in [3.05, 3.63) is 52.8 Å². The van der Waals surface area contributed by atoms with Gasteiger partial charge in [-0.25, -0.2) is 9.37 Å². The monoisotopic (exact) mass is 253 g/mol. The van der Waals surface area contributed by atoms with Crippen LogP contribution in [0.15, 0.2) is 30.6 Å². The molecule has 5 heteroatoms. The summed E-state index contributed by atoms with van der Waals surface area (Å²) in [4.78, 5) is 4.23. The third kappa shape index (κ3) is 2.84. The molecule has 0 atom stereocenters. The van der Waals surface area contributed by atoms with Gasteiger partial charge in [-0.2, -0.15) is 0 Å². The fourth-order valence-corrected chi connectivity index (χ4v) is 1.87. The summed E-state index contributed by atoms with van der Waals surface area (Å²) < 4.78 is 14.9. The zero-order valence-corrected chi connectivity index (χ0v) is 10.2. The molecule has 0 aliphatic carbocycles. The summed E-state index contributed by atoms with van der Waals surface area (Å²) in [6.45, 7) is 1.28. The van der Waals surface area contributed by atoms with Gasteiger partial charge in [-0.05, 0) is 24.7 Å². The normalized spacial score (nSPS) is 10.8. The molecular formula is C12H13ClFN3. The second-order valence-corrected chi connectivity index (χ2v) is 4.14. The van der Waals surface area contributed by atoms with Crippen molar-refractivity contribution in [2.24, 2.45) is 0 Å².